The second kappa shape index (κ2) is 7.84. The monoisotopic (exact) mass is 312 g/mol. The highest BCUT2D eigenvalue weighted by molar-refractivity contribution is 6.12. The van der Waals surface area contributed by atoms with Crippen molar-refractivity contribution in [3.63, 3.8) is 0 Å². The number of rotatable bonds is 3. The van der Waals surface area contributed by atoms with Crippen LogP contribution >= 0.6 is 0 Å². The molecular formula is C17H16N2O4. The summed E-state index contributed by atoms with van der Waals surface area (Å²) in [6.07, 6.45) is 2.75. The molecule has 1 heterocycles. The second-order valence-corrected chi connectivity index (χ2v) is 4.83. The number of benzene rings is 2. The molecule has 6 nitrogen and oxygen atoms in total. The molecule has 2 aromatic rings. The van der Waals surface area contributed by atoms with E-state index in [9.17, 15) is 14.9 Å². The number of nitro benzene ring substituents is 1. The van der Waals surface area contributed by atoms with Crippen LogP contribution in [-0.2, 0) is 4.84 Å². The van der Waals surface area contributed by atoms with Crippen LogP contribution in [0.5, 0.6) is 0 Å². The summed E-state index contributed by atoms with van der Waals surface area (Å²) >= 11 is 0. The summed E-state index contributed by atoms with van der Waals surface area (Å²) in [4.78, 5) is 27.2. The zero-order valence-electron chi connectivity index (χ0n) is 12.6. The number of aryl methyl sites for hydroxylation is 1. The number of oxime groups is 1. The van der Waals surface area contributed by atoms with Crippen molar-refractivity contribution in [2.45, 2.75) is 13.3 Å². The van der Waals surface area contributed by atoms with E-state index >= 15 is 0 Å². The molecule has 0 aromatic heterocycles. The van der Waals surface area contributed by atoms with Crippen LogP contribution in [0.2, 0.25) is 0 Å². The Bertz CT molecular complexity index is 721. The molecule has 0 N–H and O–H groups in total. The molecule has 118 valence electrons. The number of nitro groups is 1. The molecule has 0 bridgehead atoms. The van der Waals surface area contributed by atoms with E-state index in [1.807, 2.05) is 0 Å². The van der Waals surface area contributed by atoms with Gasteiger partial charge in [0.25, 0.3) is 5.69 Å². The molecule has 0 fully saturated rings. The molecule has 0 atom stereocenters. The van der Waals surface area contributed by atoms with Crippen molar-refractivity contribution in [2.75, 3.05) is 6.61 Å². The topological polar surface area (TPSA) is 81.8 Å². The molecule has 1 aliphatic heterocycles. The lowest BCUT2D eigenvalue weighted by Gasteiger charge is -2.05. The molecule has 3 rings (SSSR count). The summed E-state index contributed by atoms with van der Waals surface area (Å²) in [6, 6.07) is 13.2. The number of carbonyl (C=O) groups is 1. The third-order valence-corrected chi connectivity index (χ3v) is 3.20. The van der Waals surface area contributed by atoms with E-state index in [2.05, 4.69) is 9.99 Å². The van der Waals surface area contributed by atoms with Crippen LogP contribution in [0.1, 0.15) is 27.9 Å². The fraction of sp³-hybridized carbons (Fsp3) is 0.176. The fourth-order valence-corrected chi connectivity index (χ4v) is 2.10. The van der Waals surface area contributed by atoms with E-state index in [0.717, 1.165) is 13.0 Å². The first-order valence-electron chi connectivity index (χ1n) is 7.09. The summed E-state index contributed by atoms with van der Waals surface area (Å²) in [7, 11) is 0. The SMILES string of the molecule is C1=NOCC1.Cc1cccc([N+](=O)[O-])c1C(=O)c1ccccc1. The molecule has 0 amide bonds. The van der Waals surface area contributed by atoms with Gasteiger partial charge in [-0.05, 0) is 12.5 Å². The summed E-state index contributed by atoms with van der Waals surface area (Å²) in [5.74, 6) is -0.319. The van der Waals surface area contributed by atoms with E-state index in [1.54, 1.807) is 55.6 Å². The van der Waals surface area contributed by atoms with Crippen molar-refractivity contribution >= 4 is 17.7 Å². The van der Waals surface area contributed by atoms with Crippen molar-refractivity contribution in [2.24, 2.45) is 5.16 Å². The average molecular weight is 312 g/mol. The lowest BCUT2D eigenvalue weighted by Crippen LogP contribution is -2.07. The van der Waals surface area contributed by atoms with Gasteiger partial charge in [-0.15, -0.1) is 0 Å². The lowest BCUT2D eigenvalue weighted by molar-refractivity contribution is -0.385. The molecule has 2 aromatic carbocycles. The predicted molar refractivity (Wildman–Crippen MR) is 86.8 cm³/mol. The van der Waals surface area contributed by atoms with Gasteiger partial charge in [0.2, 0.25) is 0 Å². The van der Waals surface area contributed by atoms with Gasteiger partial charge in [-0.2, -0.15) is 0 Å². The third-order valence-electron chi connectivity index (χ3n) is 3.20. The van der Waals surface area contributed by atoms with Crippen LogP contribution in [0, 0.1) is 17.0 Å². The van der Waals surface area contributed by atoms with Crippen molar-refractivity contribution in [1.29, 1.82) is 0 Å². The van der Waals surface area contributed by atoms with Crippen LogP contribution < -0.4 is 0 Å². The third kappa shape index (κ3) is 4.23. The highest BCUT2D eigenvalue weighted by atomic mass is 16.6. The number of ketones is 1. The quantitative estimate of drug-likeness (QED) is 0.493. The summed E-state index contributed by atoms with van der Waals surface area (Å²) < 4.78 is 0. The maximum absolute atomic E-state index is 12.3. The van der Waals surface area contributed by atoms with Gasteiger partial charge < -0.3 is 4.84 Å². The van der Waals surface area contributed by atoms with Crippen LogP contribution in [0.4, 0.5) is 5.69 Å². The predicted octanol–water partition coefficient (Wildman–Crippen LogP) is 3.53. The Morgan fingerprint density at radius 3 is 2.43 bits per heavy atom. The molecule has 23 heavy (non-hydrogen) atoms. The minimum atomic E-state index is -0.525. The van der Waals surface area contributed by atoms with E-state index in [0.29, 0.717) is 11.1 Å². The van der Waals surface area contributed by atoms with Crippen molar-refractivity contribution in [3.05, 3.63) is 75.3 Å². The van der Waals surface area contributed by atoms with Gasteiger partial charge in [-0.1, -0.05) is 47.6 Å². The first-order chi connectivity index (χ1) is 11.1. The molecule has 6 heteroatoms. The summed E-state index contributed by atoms with van der Waals surface area (Å²) in [5.41, 5.74) is 1.07. The Morgan fingerprint density at radius 2 is 1.91 bits per heavy atom. The van der Waals surface area contributed by atoms with Gasteiger partial charge in [0.05, 0.1) is 4.92 Å². The molecule has 0 aliphatic carbocycles. The average Bonchev–Trinajstić information content (AvgIpc) is 3.14. The normalized spacial score (nSPS) is 12.0. The lowest BCUT2D eigenvalue weighted by atomic mass is 9.97. The zero-order chi connectivity index (χ0) is 16.7. The zero-order valence-corrected chi connectivity index (χ0v) is 12.6. The Morgan fingerprint density at radius 1 is 1.17 bits per heavy atom. The van der Waals surface area contributed by atoms with E-state index < -0.39 is 4.92 Å². The Hall–Kier alpha value is -3.02. The maximum Gasteiger partial charge on any atom is 0.280 e. The largest absolute Gasteiger partial charge is 0.396 e. The molecule has 0 saturated carbocycles. The summed E-state index contributed by atoms with van der Waals surface area (Å²) in [6.45, 7) is 2.48. The number of hydrogen-bond donors (Lipinski definition) is 0. The van der Waals surface area contributed by atoms with Crippen LogP contribution in [0.15, 0.2) is 53.7 Å². The Balaban J connectivity index is 0.000000326. The van der Waals surface area contributed by atoms with Crippen LogP contribution in [0.25, 0.3) is 0 Å². The van der Waals surface area contributed by atoms with E-state index in [-0.39, 0.29) is 17.0 Å². The minimum Gasteiger partial charge on any atom is -0.396 e. The van der Waals surface area contributed by atoms with Gasteiger partial charge in [0.1, 0.15) is 12.2 Å². The second-order valence-electron chi connectivity index (χ2n) is 4.83. The van der Waals surface area contributed by atoms with Crippen molar-refractivity contribution in [1.82, 2.24) is 0 Å². The van der Waals surface area contributed by atoms with Gasteiger partial charge in [0, 0.05) is 24.3 Å². The van der Waals surface area contributed by atoms with Gasteiger partial charge in [-0.25, -0.2) is 0 Å². The minimum absolute atomic E-state index is 0.149. The Kier molecular flexibility index (Phi) is 5.57. The molecule has 0 unspecified atom stereocenters. The summed E-state index contributed by atoms with van der Waals surface area (Å²) in [5, 5.41) is 14.4. The highest BCUT2D eigenvalue weighted by Crippen LogP contribution is 2.24. The molecule has 1 aliphatic rings. The number of carbonyl (C=O) groups excluding carboxylic acids is 1. The first-order valence-corrected chi connectivity index (χ1v) is 7.09. The Labute approximate surface area is 133 Å². The maximum atomic E-state index is 12.3. The van der Waals surface area contributed by atoms with Crippen LogP contribution in [-0.4, -0.2) is 23.5 Å². The molecule has 0 saturated heterocycles. The van der Waals surface area contributed by atoms with Gasteiger partial charge in [0.15, 0.2) is 5.78 Å². The van der Waals surface area contributed by atoms with Crippen molar-refractivity contribution in [3.8, 4) is 0 Å². The molecule has 0 spiro atoms. The molecular weight excluding hydrogens is 296 g/mol. The van der Waals surface area contributed by atoms with E-state index in [4.69, 9.17) is 0 Å². The van der Waals surface area contributed by atoms with E-state index in [1.165, 1.54) is 6.07 Å². The van der Waals surface area contributed by atoms with Crippen LogP contribution in [0.3, 0.4) is 0 Å². The van der Waals surface area contributed by atoms with Crippen molar-refractivity contribution < 1.29 is 14.6 Å². The number of hydrogen-bond acceptors (Lipinski definition) is 5. The smallest absolute Gasteiger partial charge is 0.280 e. The first kappa shape index (κ1) is 16.4. The van der Waals surface area contributed by atoms with Gasteiger partial charge in [-0.3, -0.25) is 14.9 Å². The van der Waals surface area contributed by atoms with Gasteiger partial charge >= 0.3 is 0 Å². The standard InChI is InChI=1S/C14H11NO3.C3H5NO/c1-10-6-5-9-12(15(17)18)13(10)14(16)11-7-3-2-4-8-11;1-2-4-5-3-1/h2-9H,1H3;2H,1,3H2. The molecule has 0 radical (unpaired) electrons. The highest BCUT2D eigenvalue weighted by Gasteiger charge is 2.22. The fourth-order valence-electron chi connectivity index (χ4n) is 2.10. The number of nitrogens with zero attached hydrogens (tertiary/aromatic N) is 2.